The number of carbonyl (C=O) groups excluding carboxylic acids is 1. The van der Waals surface area contributed by atoms with Crippen LogP contribution in [0.25, 0.3) is 10.9 Å². The first-order valence-electron chi connectivity index (χ1n) is 9.99. The van der Waals surface area contributed by atoms with E-state index < -0.39 is 0 Å². The van der Waals surface area contributed by atoms with E-state index in [0.29, 0.717) is 42.7 Å². The molecular formula is C23H20ClN3O3. The molecule has 2 aromatic carbocycles. The second-order valence-corrected chi connectivity index (χ2v) is 7.64. The van der Waals surface area contributed by atoms with E-state index in [1.807, 2.05) is 55.5 Å². The van der Waals surface area contributed by atoms with Crippen molar-refractivity contribution in [3.8, 4) is 11.5 Å². The van der Waals surface area contributed by atoms with Crippen molar-refractivity contribution in [1.82, 2.24) is 9.99 Å². The van der Waals surface area contributed by atoms with Gasteiger partial charge in [0.15, 0.2) is 11.5 Å². The van der Waals surface area contributed by atoms with Crippen LogP contribution < -0.4 is 9.47 Å². The standard InChI is InChI=1S/C23H20ClN3O3/c1-2-22(28)27-19(12-18(26-27)14-6-4-3-5-7-14)16-10-15-11-20-21(30-9-8-29-20)13-17(15)25-23(16)24/h3-7,10-11,13,19H,2,8-9,12H2,1H3/t19-/m1/s1. The molecule has 7 heteroatoms. The van der Waals surface area contributed by atoms with Crippen molar-refractivity contribution >= 4 is 34.1 Å². The molecule has 30 heavy (non-hydrogen) atoms. The maximum absolute atomic E-state index is 12.7. The molecule has 2 aliphatic rings. The van der Waals surface area contributed by atoms with Gasteiger partial charge in [-0.3, -0.25) is 4.79 Å². The van der Waals surface area contributed by atoms with Crippen LogP contribution in [-0.4, -0.2) is 34.8 Å². The molecular weight excluding hydrogens is 402 g/mol. The molecule has 1 atom stereocenters. The average Bonchev–Trinajstić information content (AvgIpc) is 3.22. The minimum absolute atomic E-state index is 0.0516. The van der Waals surface area contributed by atoms with Crippen molar-refractivity contribution in [1.29, 1.82) is 0 Å². The molecule has 0 unspecified atom stereocenters. The largest absolute Gasteiger partial charge is 0.486 e. The number of hydrogen-bond acceptors (Lipinski definition) is 5. The fourth-order valence-corrected chi connectivity index (χ4v) is 4.16. The normalized spacial score (nSPS) is 17.9. The molecule has 0 radical (unpaired) electrons. The third-order valence-corrected chi connectivity index (χ3v) is 5.70. The van der Waals surface area contributed by atoms with Gasteiger partial charge in [0.2, 0.25) is 5.91 Å². The molecule has 0 saturated heterocycles. The molecule has 3 aromatic rings. The van der Waals surface area contributed by atoms with E-state index in [0.717, 1.165) is 27.7 Å². The van der Waals surface area contributed by atoms with Gasteiger partial charge in [0, 0.05) is 29.9 Å². The quantitative estimate of drug-likeness (QED) is 0.572. The topological polar surface area (TPSA) is 64.0 Å². The Morgan fingerprint density at radius 2 is 1.87 bits per heavy atom. The van der Waals surface area contributed by atoms with E-state index in [4.69, 9.17) is 21.1 Å². The average molecular weight is 422 g/mol. The van der Waals surface area contributed by atoms with E-state index in [-0.39, 0.29) is 11.9 Å². The van der Waals surface area contributed by atoms with Crippen LogP contribution in [0.1, 0.15) is 36.9 Å². The maximum Gasteiger partial charge on any atom is 0.242 e. The number of aromatic nitrogens is 1. The second-order valence-electron chi connectivity index (χ2n) is 7.28. The van der Waals surface area contributed by atoms with Gasteiger partial charge in [0.1, 0.15) is 18.4 Å². The lowest BCUT2D eigenvalue weighted by molar-refractivity contribution is -0.132. The lowest BCUT2D eigenvalue weighted by Gasteiger charge is -2.23. The zero-order chi connectivity index (χ0) is 20.7. The number of halogens is 1. The summed E-state index contributed by atoms with van der Waals surface area (Å²) in [6.07, 6.45) is 0.937. The summed E-state index contributed by atoms with van der Waals surface area (Å²) in [6.45, 7) is 2.86. The molecule has 0 fully saturated rings. The number of hydrogen-bond donors (Lipinski definition) is 0. The smallest absolute Gasteiger partial charge is 0.242 e. The lowest BCUT2D eigenvalue weighted by Crippen LogP contribution is -2.26. The van der Waals surface area contributed by atoms with Crippen LogP contribution in [0.4, 0.5) is 0 Å². The third kappa shape index (κ3) is 3.27. The first kappa shape index (κ1) is 18.9. The summed E-state index contributed by atoms with van der Waals surface area (Å²) in [5.41, 5.74) is 3.36. The molecule has 0 saturated carbocycles. The van der Waals surface area contributed by atoms with Crippen LogP contribution in [0, 0.1) is 0 Å². The zero-order valence-electron chi connectivity index (χ0n) is 16.5. The first-order valence-corrected chi connectivity index (χ1v) is 10.4. The van der Waals surface area contributed by atoms with E-state index in [2.05, 4.69) is 10.1 Å². The highest BCUT2D eigenvalue weighted by Crippen LogP contribution is 2.40. The van der Waals surface area contributed by atoms with Crippen LogP contribution >= 0.6 is 11.6 Å². The summed E-state index contributed by atoms with van der Waals surface area (Å²) in [5.74, 6) is 1.31. The summed E-state index contributed by atoms with van der Waals surface area (Å²) in [5, 5.41) is 7.45. The minimum atomic E-state index is -0.301. The Bertz CT molecular complexity index is 1160. The molecule has 0 N–H and O–H groups in total. The van der Waals surface area contributed by atoms with E-state index in [1.165, 1.54) is 0 Å². The van der Waals surface area contributed by atoms with Crippen molar-refractivity contribution in [3.05, 3.63) is 64.8 Å². The van der Waals surface area contributed by atoms with Gasteiger partial charge in [-0.05, 0) is 17.7 Å². The number of fused-ring (bicyclic) bond motifs is 2. The van der Waals surface area contributed by atoms with Crippen molar-refractivity contribution in [2.45, 2.75) is 25.8 Å². The number of nitrogens with zero attached hydrogens (tertiary/aromatic N) is 3. The van der Waals surface area contributed by atoms with Crippen LogP contribution in [0.15, 0.2) is 53.6 Å². The highest BCUT2D eigenvalue weighted by Gasteiger charge is 2.34. The summed E-state index contributed by atoms with van der Waals surface area (Å²) < 4.78 is 11.4. The van der Waals surface area contributed by atoms with Gasteiger partial charge in [-0.15, -0.1) is 0 Å². The lowest BCUT2D eigenvalue weighted by atomic mass is 9.98. The number of carbonyl (C=O) groups is 1. The predicted octanol–water partition coefficient (Wildman–Crippen LogP) is 4.75. The number of amides is 1. The van der Waals surface area contributed by atoms with Gasteiger partial charge in [0.25, 0.3) is 0 Å². The maximum atomic E-state index is 12.7. The monoisotopic (exact) mass is 421 g/mol. The van der Waals surface area contributed by atoms with Gasteiger partial charge in [-0.1, -0.05) is 48.9 Å². The molecule has 3 heterocycles. The Balaban J connectivity index is 1.57. The number of pyridine rings is 1. The Morgan fingerprint density at radius 1 is 1.13 bits per heavy atom. The Morgan fingerprint density at radius 3 is 2.60 bits per heavy atom. The zero-order valence-corrected chi connectivity index (χ0v) is 17.2. The van der Waals surface area contributed by atoms with Gasteiger partial charge in [-0.25, -0.2) is 9.99 Å². The Kier molecular flexibility index (Phi) is 4.79. The number of rotatable bonds is 3. The van der Waals surface area contributed by atoms with Gasteiger partial charge >= 0.3 is 0 Å². The second kappa shape index (κ2) is 7.61. The Hall–Kier alpha value is -3.12. The molecule has 1 amide bonds. The van der Waals surface area contributed by atoms with Crippen molar-refractivity contribution in [3.63, 3.8) is 0 Å². The van der Waals surface area contributed by atoms with Crippen molar-refractivity contribution in [2.24, 2.45) is 5.10 Å². The Labute approximate surface area is 179 Å². The van der Waals surface area contributed by atoms with Gasteiger partial charge in [0.05, 0.1) is 17.3 Å². The highest BCUT2D eigenvalue weighted by atomic mass is 35.5. The van der Waals surface area contributed by atoms with Crippen molar-refractivity contribution < 1.29 is 14.3 Å². The number of benzene rings is 2. The molecule has 152 valence electrons. The fraction of sp³-hybridized carbons (Fsp3) is 0.261. The van der Waals surface area contributed by atoms with E-state index in [1.54, 1.807) is 5.01 Å². The SMILES string of the molecule is CCC(=O)N1N=C(c2ccccc2)C[C@@H]1c1cc2cc3c(cc2nc1Cl)OCCO3. The summed E-state index contributed by atoms with van der Waals surface area (Å²) in [4.78, 5) is 17.2. The molecule has 2 aliphatic heterocycles. The van der Waals surface area contributed by atoms with Crippen molar-refractivity contribution in [2.75, 3.05) is 13.2 Å². The summed E-state index contributed by atoms with van der Waals surface area (Å²) in [7, 11) is 0. The molecule has 0 bridgehead atoms. The molecule has 1 aromatic heterocycles. The molecule has 5 rings (SSSR count). The highest BCUT2D eigenvalue weighted by molar-refractivity contribution is 6.30. The van der Waals surface area contributed by atoms with Crippen LogP contribution in [0.5, 0.6) is 11.5 Å². The fourth-order valence-electron chi connectivity index (χ4n) is 3.89. The van der Waals surface area contributed by atoms with E-state index >= 15 is 0 Å². The van der Waals surface area contributed by atoms with Gasteiger partial charge < -0.3 is 9.47 Å². The van der Waals surface area contributed by atoms with E-state index in [9.17, 15) is 4.79 Å². The third-order valence-electron chi connectivity index (χ3n) is 5.39. The number of ether oxygens (including phenoxy) is 2. The molecule has 0 aliphatic carbocycles. The summed E-state index contributed by atoms with van der Waals surface area (Å²) >= 11 is 6.60. The molecule has 6 nitrogen and oxygen atoms in total. The van der Waals surface area contributed by atoms with Gasteiger partial charge in [-0.2, -0.15) is 5.10 Å². The van der Waals surface area contributed by atoms with Crippen LogP contribution in [0.2, 0.25) is 5.15 Å². The minimum Gasteiger partial charge on any atom is -0.486 e. The molecule has 0 spiro atoms. The summed E-state index contributed by atoms with van der Waals surface area (Å²) in [6, 6.07) is 15.3. The number of hydrazone groups is 1. The van der Waals surface area contributed by atoms with Crippen LogP contribution in [-0.2, 0) is 4.79 Å². The predicted molar refractivity (Wildman–Crippen MR) is 115 cm³/mol. The van der Waals surface area contributed by atoms with Crippen LogP contribution in [0.3, 0.4) is 0 Å². The first-order chi connectivity index (χ1) is 14.6.